The first-order valence-corrected chi connectivity index (χ1v) is 5.21. The van der Waals surface area contributed by atoms with Crippen molar-refractivity contribution < 1.29 is 0 Å². The van der Waals surface area contributed by atoms with Gasteiger partial charge in [-0.1, -0.05) is 11.6 Å². The van der Waals surface area contributed by atoms with Crippen molar-refractivity contribution >= 4 is 23.2 Å². The van der Waals surface area contributed by atoms with Gasteiger partial charge in [0.25, 0.3) is 0 Å². The van der Waals surface area contributed by atoms with Crippen LogP contribution in [0.5, 0.6) is 0 Å². The summed E-state index contributed by atoms with van der Waals surface area (Å²) in [5.74, 6) is 0. The third-order valence-corrected chi connectivity index (χ3v) is 4.20. The van der Waals surface area contributed by atoms with E-state index >= 15 is 0 Å². The number of allylic oxidation sites excluding steroid dienone is 4. The molecule has 0 radical (unpaired) electrons. The van der Waals surface area contributed by atoms with Crippen LogP contribution in [0.2, 0.25) is 0 Å². The second kappa shape index (κ2) is 3.03. The van der Waals surface area contributed by atoms with Crippen molar-refractivity contribution in [3.63, 3.8) is 0 Å². The molecule has 2 atom stereocenters. The van der Waals surface area contributed by atoms with Crippen molar-refractivity contribution in [2.45, 2.75) is 44.4 Å². The van der Waals surface area contributed by atoms with Crippen LogP contribution in [0, 0.1) is 0 Å². The SMILES string of the molecule is CC1=CC(C)(Cl)C(C)=C(C)C1(C)Cl. The molecule has 1 aliphatic carbocycles. The van der Waals surface area contributed by atoms with E-state index in [9.17, 15) is 0 Å². The molecule has 0 nitrogen and oxygen atoms in total. The smallest absolute Gasteiger partial charge is 0.0834 e. The Kier molecular flexibility index (Phi) is 2.60. The predicted octanol–water partition coefficient (Wildman–Crippen LogP) is 4.28. The molecule has 13 heavy (non-hydrogen) atoms. The van der Waals surface area contributed by atoms with E-state index in [1.54, 1.807) is 0 Å². The Balaban J connectivity index is 3.30. The van der Waals surface area contributed by atoms with Crippen LogP contribution >= 0.6 is 23.2 Å². The lowest BCUT2D eigenvalue weighted by molar-refractivity contribution is 0.736. The Morgan fingerprint density at radius 2 is 1.46 bits per heavy atom. The molecule has 0 heterocycles. The van der Waals surface area contributed by atoms with Crippen molar-refractivity contribution in [3.8, 4) is 0 Å². The summed E-state index contributed by atoms with van der Waals surface area (Å²) in [4.78, 5) is -0.707. The molecule has 1 rings (SSSR count). The number of halogens is 2. The van der Waals surface area contributed by atoms with Gasteiger partial charge < -0.3 is 0 Å². The molecule has 0 amide bonds. The lowest BCUT2D eigenvalue weighted by Crippen LogP contribution is -2.32. The monoisotopic (exact) mass is 218 g/mol. The third kappa shape index (κ3) is 1.67. The normalized spacial score (nSPS) is 40.7. The lowest BCUT2D eigenvalue weighted by Gasteiger charge is -2.37. The minimum atomic E-state index is -0.359. The molecule has 0 saturated carbocycles. The van der Waals surface area contributed by atoms with Gasteiger partial charge in [0.1, 0.15) is 0 Å². The van der Waals surface area contributed by atoms with Gasteiger partial charge in [0.2, 0.25) is 0 Å². The molecule has 0 N–H and O–H groups in total. The molecule has 0 aromatic heterocycles. The van der Waals surface area contributed by atoms with Gasteiger partial charge in [0, 0.05) is 0 Å². The molecule has 2 heteroatoms. The maximum atomic E-state index is 6.41. The standard InChI is InChI=1S/C11H16Cl2/c1-7-6-10(4,12)8(2)9(3)11(7,5)13/h6H,1-5H3. The summed E-state index contributed by atoms with van der Waals surface area (Å²) in [6, 6.07) is 0. The third-order valence-electron chi connectivity index (χ3n) is 3.23. The second-order valence-corrected chi connectivity index (χ2v) is 5.70. The molecule has 0 saturated heterocycles. The van der Waals surface area contributed by atoms with Crippen molar-refractivity contribution in [1.82, 2.24) is 0 Å². The van der Waals surface area contributed by atoms with Gasteiger partial charge in [0.15, 0.2) is 0 Å². The highest BCUT2D eigenvalue weighted by Crippen LogP contribution is 2.44. The molecule has 0 bridgehead atoms. The van der Waals surface area contributed by atoms with Gasteiger partial charge in [-0.2, -0.15) is 0 Å². The fourth-order valence-electron chi connectivity index (χ4n) is 1.66. The fraction of sp³-hybridized carbons (Fsp3) is 0.636. The number of hydrogen-bond donors (Lipinski definition) is 0. The molecular weight excluding hydrogens is 203 g/mol. The van der Waals surface area contributed by atoms with Crippen molar-refractivity contribution in [3.05, 3.63) is 22.8 Å². The molecule has 2 unspecified atom stereocenters. The second-order valence-electron chi connectivity index (χ2n) is 4.16. The van der Waals surface area contributed by atoms with Crippen LogP contribution in [0.25, 0.3) is 0 Å². The molecule has 0 aromatic carbocycles. The van der Waals surface area contributed by atoms with E-state index < -0.39 is 0 Å². The average molecular weight is 219 g/mol. The summed E-state index contributed by atoms with van der Waals surface area (Å²) in [6.45, 7) is 10.2. The molecule has 74 valence electrons. The first kappa shape index (κ1) is 11.1. The Bertz CT molecular complexity index is 293. The number of hydrogen-bond acceptors (Lipinski definition) is 0. The summed E-state index contributed by atoms with van der Waals surface area (Å²) >= 11 is 12.8. The highest BCUT2D eigenvalue weighted by molar-refractivity contribution is 6.30. The van der Waals surface area contributed by atoms with E-state index in [4.69, 9.17) is 23.2 Å². The van der Waals surface area contributed by atoms with Crippen LogP contribution in [-0.2, 0) is 0 Å². The molecule has 1 aliphatic rings. The molecule has 0 aromatic rings. The first-order valence-electron chi connectivity index (χ1n) is 4.46. The Morgan fingerprint density at radius 3 is 1.92 bits per heavy atom. The van der Waals surface area contributed by atoms with Gasteiger partial charge in [-0.25, -0.2) is 0 Å². The highest BCUT2D eigenvalue weighted by Gasteiger charge is 2.37. The topological polar surface area (TPSA) is 0 Å². The quantitative estimate of drug-likeness (QED) is 0.421. The van der Waals surface area contributed by atoms with Crippen molar-refractivity contribution in [2.75, 3.05) is 0 Å². The first-order chi connectivity index (χ1) is 5.69. The van der Waals surface area contributed by atoms with E-state index in [2.05, 4.69) is 6.92 Å². The van der Waals surface area contributed by atoms with Gasteiger partial charge in [-0.3, -0.25) is 0 Å². The summed E-state index contributed by atoms with van der Waals surface area (Å²) in [6.07, 6.45) is 2.05. The molecular formula is C11H16Cl2. The minimum Gasteiger partial charge on any atom is -0.110 e. The van der Waals surface area contributed by atoms with E-state index in [-0.39, 0.29) is 9.75 Å². The maximum absolute atomic E-state index is 6.41. The van der Waals surface area contributed by atoms with Crippen LogP contribution in [-0.4, -0.2) is 9.75 Å². The van der Waals surface area contributed by atoms with Crippen LogP contribution in [0.1, 0.15) is 34.6 Å². The van der Waals surface area contributed by atoms with Gasteiger partial charge in [-0.15, -0.1) is 23.2 Å². The zero-order chi connectivity index (χ0) is 10.4. The van der Waals surface area contributed by atoms with E-state index in [0.717, 1.165) is 11.1 Å². The molecule has 0 spiro atoms. The van der Waals surface area contributed by atoms with E-state index in [1.165, 1.54) is 5.57 Å². The van der Waals surface area contributed by atoms with Crippen LogP contribution in [0.4, 0.5) is 0 Å². The van der Waals surface area contributed by atoms with E-state index in [1.807, 2.05) is 33.8 Å². The van der Waals surface area contributed by atoms with E-state index in [0.29, 0.717) is 0 Å². The van der Waals surface area contributed by atoms with Crippen molar-refractivity contribution in [2.24, 2.45) is 0 Å². The van der Waals surface area contributed by atoms with Crippen LogP contribution in [0.15, 0.2) is 22.8 Å². The Morgan fingerprint density at radius 1 is 1.00 bits per heavy atom. The Labute approximate surface area is 90.6 Å². The fourth-order valence-corrected chi connectivity index (χ4v) is 2.17. The van der Waals surface area contributed by atoms with Crippen LogP contribution in [0.3, 0.4) is 0 Å². The van der Waals surface area contributed by atoms with Crippen molar-refractivity contribution in [1.29, 1.82) is 0 Å². The van der Waals surface area contributed by atoms with Gasteiger partial charge in [0.05, 0.1) is 9.75 Å². The lowest BCUT2D eigenvalue weighted by atomic mass is 9.79. The van der Waals surface area contributed by atoms with Gasteiger partial charge in [-0.05, 0) is 45.8 Å². The zero-order valence-electron chi connectivity index (χ0n) is 8.83. The summed E-state index contributed by atoms with van der Waals surface area (Å²) in [5.41, 5.74) is 3.47. The van der Waals surface area contributed by atoms with Crippen LogP contribution < -0.4 is 0 Å². The largest absolute Gasteiger partial charge is 0.110 e. The molecule has 0 fully saturated rings. The Hall–Kier alpha value is 0.0600. The van der Waals surface area contributed by atoms with Gasteiger partial charge >= 0.3 is 0 Å². The highest BCUT2D eigenvalue weighted by atomic mass is 35.5. The average Bonchev–Trinajstić information content (AvgIpc) is 1.98. The number of rotatable bonds is 0. The predicted molar refractivity (Wildman–Crippen MR) is 60.6 cm³/mol. The zero-order valence-corrected chi connectivity index (χ0v) is 10.3. The maximum Gasteiger partial charge on any atom is 0.0834 e. The summed E-state index contributed by atoms with van der Waals surface area (Å²) < 4.78 is 0. The molecule has 0 aliphatic heterocycles. The number of alkyl halides is 2. The summed E-state index contributed by atoms with van der Waals surface area (Å²) in [5, 5.41) is 0. The summed E-state index contributed by atoms with van der Waals surface area (Å²) in [7, 11) is 0. The minimum absolute atomic E-state index is 0.349.